The number of halogens is 2. The fraction of sp³-hybridized carbons (Fsp3) is 0.308. The average Bonchev–Trinajstić information content (AvgIpc) is 2.79. The highest BCUT2D eigenvalue weighted by Gasteiger charge is 2.22. The normalized spacial score (nSPS) is 12.4. The summed E-state index contributed by atoms with van der Waals surface area (Å²) in [5, 5.41) is 16.4. The second kappa shape index (κ2) is 6.31. The zero-order valence-corrected chi connectivity index (χ0v) is 12.2. The van der Waals surface area contributed by atoms with Crippen LogP contribution >= 0.6 is 11.8 Å². The Balaban J connectivity index is 2.17. The van der Waals surface area contributed by atoms with Crippen molar-refractivity contribution in [2.24, 2.45) is 7.05 Å². The molecule has 0 saturated heterocycles. The van der Waals surface area contributed by atoms with E-state index in [9.17, 15) is 13.6 Å². The molecule has 1 unspecified atom stereocenters. The predicted octanol–water partition coefficient (Wildman–Crippen LogP) is 1.95. The molecule has 0 aliphatic carbocycles. The Morgan fingerprint density at radius 1 is 1.43 bits per heavy atom. The summed E-state index contributed by atoms with van der Waals surface area (Å²) < 4.78 is 28.0. The Bertz CT molecular complexity index is 675. The van der Waals surface area contributed by atoms with Crippen LogP contribution in [0.1, 0.15) is 23.1 Å². The number of aromatic nitrogens is 3. The molecule has 0 bridgehead atoms. The lowest BCUT2D eigenvalue weighted by Gasteiger charge is -2.10. The van der Waals surface area contributed by atoms with Gasteiger partial charge in [-0.25, -0.2) is 8.78 Å². The van der Waals surface area contributed by atoms with E-state index in [4.69, 9.17) is 5.11 Å². The van der Waals surface area contributed by atoms with E-state index in [1.54, 1.807) is 18.5 Å². The first-order valence-electron chi connectivity index (χ1n) is 6.09. The lowest BCUT2D eigenvalue weighted by Crippen LogP contribution is -2.16. The van der Waals surface area contributed by atoms with E-state index >= 15 is 0 Å². The summed E-state index contributed by atoms with van der Waals surface area (Å²) in [5.41, 5.74) is -0.166. The number of Topliss-reactive ketones (excluding diaryl/α,β-unsaturated/α-hetero) is 1. The largest absolute Gasteiger partial charge is 0.388 e. The van der Waals surface area contributed by atoms with Crippen LogP contribution in [0.25, 0.3) is 0 Å². The van der Waals surface area contributed by atoms with Gasteiger partial charge in [0.1, 0.15) is 18.2 Å². The molecule has 1 heterocycles. The zero-order chi connectivity index (χ0) is 15.6. The minimum Gasteiger partial charge on any atom is -0.388 e. The number of thioether (sulfide) groups is 1. The number of aliphatic hydroxyl groups is 1. The van der Waals surface area contributed by atoms with Crippen LogP contribution in [0.3, 0.4) is 0 Å². The second-order valence-corrected chi connectivity index (χ2v) is 5.67. The van der Waals surface area contributed by atoms with E-state index in [1.807, 2.05) is 0 Å². The van der Waals surface area contributed by atoms with Gasteiger partial charge >= 0.3 is 0 Å². The van der Waals surface area contributed by atoms with Gasteiger partial charge in [0.25, 0.3) is 0 Å². The third-order valence-electron chi connectivity index (χ3n) is 2.91. The molecule has 2 aromatic rings. The van der Waals surface area contributed by atoms with Crippen molar-refractivity contribution >= 4 is 17.5 Å². The number of benzene rings is 1. The van der Waals surface area contributed by atoms with Crippen molar-refractivity contribution < 1.29 is 18.7 Å². The number of hydrogen-bond acceptors (Lipinski definition) is 5. The van der Waals surface area contributed by atoms with Crippen molar-refractivity contribution in [3.63, 3.8) is 0 Å². The maximum Gasteiger partial charge on any atom is 0.191 e. The predicted molar refractivity (Wildman–Crippen MR) is 72.9 cm³/mol. The molecular formula is C13H13F2N3O2S. The summed E-state index contributed by atoms with van der Waals surface area (Å²) in [4.78, 5) is 12.2. The van der Waals surface area contributed by atoms with Crippen LogP contribution in [0.5, 0.6) is 0 Å². The second-order valence-electron chi connectivity index (χ2n) is 4.36. The highest BCUT2D eigenvalue weighted by Crippen LogP contribution is 2.25. The Kier molecular flexibility index (Phi) is 4.69. The van der Waals surface area contributed by atoms with E-state index < -0.39 is 22.7 Å². The third kappa shape index (κ3) is 3.27. The van der Waals surface area contributed by atoms with Gasteiger partial charge in [0.15, 0.2) is 16.8 Å². The van der Waals surface area contributed by atoms with Crippen LogP contribution in [0.2, 0.25) is 0 Å². The molecule has 21 heavy (non-hydrogen) atoms. The quantitative estimate of drug-likeness (QED) is 0.675. The maximum absolute atomic E-state index is 13.6. The van der Waals surface area contributed by atoms with Crippen molar-refractivity contribution in [3.05, 3.63) is 41.2 Å². The van der Waals surface area contributed by atoms with Crippen LogP contribution in [0.15, 0.2) is 23.4 Å². The first kappa shape index (κ1) is 15.6. The molecule has 1 atom stereocenters. The molecule has 112 valence electrons. The highest BCUT2D eigenvalue weighted by molar-refractivity contribution is 8.00. The monoisotopic (exact) mass is 313 g/mol. The SMILES string of the molecule is CC(Sc1nnc(CO)n1C)C(=O)c1ccc(F)cc1F. The van der Waals surface area contributed by atoms with E-state index in [0.717, 1.165) is 23.9 Å². The van der Waals surface area contributed by atoms with Gasteiger partial charge in [-0.1, -0.05) is 11.8 Å². The number of ketones is 1. The van der Waals surface area contributed by atoms with Crippen molar-refractivity contribution in [1.29, 1.82) is 0 Å². The van der Waals surface area contributed by atoms with Crippen molar-refractivity contribution in [3.8, 4) is 0 Å². The standard InChI is InChI=1S/C13H13F2N3O2S/c1-7(21-13-17-16-11(6-19)18(13)2)12(20)9-4-3-8(14)5-10(9)15/h3-5,7,19H,6H2,1-2H3. The number of carbonyl (C=O) groups excluding carboxylic acids is 1. The lowest BCUT2D eigenvalue weighted by atomic mass is 10.1. The molecule has 1 aromatic heterocycles. The molecule has 0 aliphatic heterocycles. The van der Waals surface area contributed by atoms with Crippen LogP contribution in [0, 0.1) is 11.6 Å². The molecular weight excluding hydrogens is 300 g/mol. The van der Waals surface area contributed by atoms with Crippen LogP contribution in [-0.4, -0.2) is 30.9 Å². The topological polar surface area (TPSA) is 68.0 Å². The van der Waals surface area contributed by atoms with Gasteiger partial charge in [-0.3, -0.25) is 4.79 Å². The number of carbonyl (C=O) groups is 1. The van der Waals surface area contributed by atoms with E-state index in [1.165, 1.54) is 0 Å². The Hall–Kier alpha value is -1.80. The molecule has 0 radical (unpaired) electrons. The smallest absolute Gasteiger partial charge is 0.191 e. The van der Waals surface area contributed by atoms with Crippen molar-refractivity contribution in [1.82, 2.24) is 14.8 Å². The van der Waals surface area contributed by atoms with Crippen molar-refractivity contribution in [2.75, 3.05) is 0 Å². The molecule has 0 aliphatic rings. The number of aliphatic hydroxyl groups excluding tert-OH is 1. The minimum atomic E-state index is -0.888. The number of hydrogen-bond donors (Lipinski definition) is 1. The molecule has 2 rings (SSSR count). The first-order valence-corrected chi connectivity index (χ1v) is 6.97. The summed E-state index contributed by atoms with van der Waals surface area (Å²) >= 11 is 1.09. The highest BCUT2D eigenvalue weighted by atomic mass is 32.2. The maximum atomic E-state index is 13.6. The minimum absolute atomic E-state index is 0.166. The summed E-state index contributed by atoms with van der Waals surface area (Å²) in [6.45, 7) is 1.34. The molecule has 0 fully saturated rings. The third-order valence-corrected chi connectivity index (χ3v) is 4.05. The molecule has 5 nitrogen and oxygen atoms in total. The van der Waals surface area contributed by atoms with Crippen molar-refractivity contribution in [2.45, 2.75) is 23.9 Å². The molecule has 1 N–H and O–H groups in total. The molecule has 0 amide bonds. The van der Waals surface area contributed by atoms with Crippen LogP contribution in [-0.2, 0) is 13.7 Å². The Labute approximate surface area is 124 Å². The summed E-state index contributed by atoms with van der Waals surface area (Å²) in [6.07, 6.45) is 0. The fourth-order valence-corrected chi connectivity index (χ4v) is 2.61. The summed E-state index contributed by atoms with van der Waals surface area (Å²) in [5.74, 6) is -1.72. The summed E-state index contributed by atoms with van der Waals surface area (Å²) in [6, 6.07) is 2.84. The van der Waals surface area contributed by atoms with Gasteiger partial charge in [-0.05, 0) is 19.1 Å². The number of rotatable bonds is 5. The van der Waals surface area contributed by atoms with E-state index in [0.29, 0.717) is 17.0 Å². The zero-order valence-electron chi connectivity index (χ0n) is 11.4. The molecule has 1 aromatic carbocycles. The van der Waals surface area contributed by atoms with Gasteiger partial charge < -0.3 is 9.67 Å². The fourth-order valence-electron chi connectivity index (χ4n) is 1.71. The number of nitrogens with zero attached hydrogens (tertiary/aromatic N) is 3. The summed E-state index contributed by atoms with van der Waals surface area (Å²) in [7, 11) is 1.66. The van der Waals surface area contributed by atoms with E-state index in [-0.39, 0.29) is 12.2 Å². The average molecular weight is 313 g/mol. The van der Waals surface area contributed by atoms with Gasteiger partial charge in [0.2, 0.25) is 0 Å². The van der Waals surface area contributed by atoms with Gasteiger partial charge in [0, 0.05) is 13.1 Å². The van der Waals surface area contributed by atoms with Gasteiger partial charge in [-0.15, -0.1) is 10.2 Å². The lowest BCUT2D eigenvalue weighted by molar-refractivity contribution is 0.0990. The van der Waals surface area contributed by atoms with Crippen LogP contribution < -0.4 is 0 Å². The van der Waals surface area contributed by atoms with Gasteiger partial charge in [0.05, 0.1) is 10.8 Å². The van der Waals surface area contributed by atoms with Crippen LogP contribution in [0.4, 0.5) is 8.78 Å². The Morgan fingerprint density at radius 2 is 2.14 bits per heavy atom. The Morgan fingerprint density at radius 3 is 2.71 bits per heavy atom. The van der Waals surface area contributed by atoms with E-state index in [2.05, 4.69) is 10.2 Å². The molecule has 8 heteroatoms. The molecule has 0 saturated carbocycles. The molecule has 0 spiro atoms. The first-order chi connectivity index (χ1) is 9.93. The van der Waals surface area contributed by atoms with Gasteiger partial charge in [-0.2, -0.15) is 0 Å².